The third kappa shape index (κ3) is 5.22. The Balaban J connectivity index is 1.43. The number of rotatable bonds is 6. The number of halogens is 1. The molecule has 2 aromatic rings. The van der Waals surface area contributed by atoms with Crippen molar-refractivity contribution >= 4 is 33.9 Å². The van der Waals surface area contributed by atoms with Crippen molar-refractivity contribution < 1.29 is 18.7 Å². The number of hydrogen-bond donors (Lipinski definition) is 1. The first-order valence-corrected chi connectivity index (χ1v) is 12.6. The number of anilines is 2. The van der Waals surface area contributed by atoms with Gasteiger partial charge in [0.1, 0.15) is 10.8 Å². The lowest BCUT2D eigenvalue weighted by molar-refractivity contribution is -0.120. The van der Waals surface area contributed by atoms with Gasteiger partial charge in [0.2, 0.25) is 5.91 Å². The Hall–Kier alpha value is -2.45. The van der Waals surface area contributed by atoms with Gasteiger partial charge in [-0.2, -0.15) is 0 Å². The van der Waals surface area contributed by atoms with E-state index in [1.54, 1.807) is 19.1 Å². The van der Waals surface area contributed by atoms with E-state index < -0.39 is 0 Å². The standard InChI is InChI=1S/C25H32FN3O3S/c1-4-32-25(31)22-20-10-5-16(2)15-21(20)33-24(22)27-23(30)17(3)28-11-13-29(14-12-28)19-8-6-18(26)7-9-19/h6-9,16-17H,4-5,10-15H2,1-3H3,(H,27,30). The van der Waals surface area contributed by atoms with Crippen molar-refractivity contribution in [3.8, 4) is 0 Å². The fourth-order valence-electron chi connectivity index (χ4n) is 4.66. The number of benzene rings is 1. The molecule has 1 N–H and O–H groups in total. The van der Waals surface area contributed by atoms with Gasteiger partial charge in [-0.25, -0.2) is 9.18 Å². The minimum absolute atomic E-state index is 0.109. The van der Waals surface area contributed by atoms with Crippen LogP contribution in [0.2, 0.25) is 0 Å². The van der Waals surface area contributed by atoms with Gasteiger partial charge in [-0.15, -0.1) is 11.3 Å². The zero-order valence-corrected chi connectivity index (χ0v) is 20.3. The molecule has 1 aromatic heterocycles. The lowest BCUT2D eigenvalue weighted by atomic mass is 9.88. The first kappa shape index (κ1) is 23.7. The van der Waals surface area contributed by atoms with Gasteiger partial charge < -0.3 is 15.0 Å². The van der Waals surface area contributed by atoms with Gasteiger partial charge in [-0.3, -0.25) is 9.69 Å². The average Bonchev–Trinajstić information content (AvgIpc) is 3.16. The van der Waals surface area contributed by atoms with E-state index in [1.807, 2.05) is 6.92 Å². The van der Waals surface area contributed by atoms with Crippen molar-refractivity contribution in [2.24, 2.45) is 5.92 Å². The van der Waals surface area contributed by atoms with E-state index in [9.17, 15) is 14.0 Å². The average molecular weight is 474 g/mol. The predicted octanol–water partition coefficient (Wildman–Crippen LogP) is 4.34. The highest BCUT2D eigenvalue weighted by molar-refractivity contribution is 7.17. The zero-order chi connectivity index (χ0) is 23.5. The zero-order valence-electron chi connectivity index (χ0n) is 19.5. The second-order valence-corrected chi connectivity index (χ2v) is 10.0. The van der Waals surface area contributed by atoms with Gasteiger partial charge in [0.15, 0.2) is 0 Å². The Morgan fingerprint density at radius 3 is 2.58 bits per heavy atom. The second-order valence-electron chi connectivity index (χ2n) is 8.94. The molecule has 0 spiro atoms. The van der Waals surface area contributed by atoms with E-state index in [0.29, 0.717) is 23.1 Å². The number of nitrogens with zero attached hydrogens (tertiary/aromatic N) is 2. The molecule has 2 unspecified atom stereocenters. The first-order valence-electron chi connectivity index (χ1n) is 11.7. The quantitative estimate of drug-likeness (QED) is 0.633. The number of hydrogen-bond acceptors (Lipinski definition) is 6. The summed E-state index contributed by atoms with van der Waals surface area (Å²) in [4.78, 5) is 31.4. The van der Waals surface area contributed by atoms with Crippen LogP contribution in [0.3, 0.4) is 0 Å². The number of ether oxygens (including phenoxy) is 1. The molecule has 0 bridgehead atoms. The molecule has 2 heterocycles. The summed E-state index contributed by atoms with van der Waals surface area (Å²) in [6.07, 6.45) is 2.82. The Morgan fingerprint density at radius 1 is 1.21 bits per heavy atom. The molecule has 2 aliphatic rings. The summed E-state index contributed by atoms with van der Waals surface area (Å²) >= 11 is 1.52. The van der Waals surface area contributed by atoms with Gasteiger partial charge in [0.05, 0.1) is 18.2 Å². The van der Waals surface area contributed by atoms with E-state index in [-0.39, 0.29) is 23.7 Å². The summed E-state index contributed by atoms with van der Waals surface area (Å²) in [5.74, 6) is -0.122. The van der Waals surface area contributed by atoms with Gasteiger partial charge in [0.25, 0.3) is 0 Å². The van der Waals surface area contributed by atoms with Gasteiger partial charge in [-0.05, 0) is 68.9 Å². The topological polar surface area (TPSA) is 61.9 Å². The minimum atomic E-state index is -0.347. The number of thiophene rings is 1. The maximum absolute atomic E-state index is 13.2. The molecule has 178 valence electrons. The van der Waals surface area contributed by atoms with Crippen LogP contribution in [0.1, 0.15) is 48.0 Å². The van der Waals surface area contributed by atoms with Crippen LogP contribution in [-0.4, -0.2) is 55.6 Å². The molecule has 4 rings (SSSR count). The number of piperazine rings is 1. The largest absolute Gasteiger partial charge is 0.462 e. The maximum Gasteiger partial charge on any atom is 0.341 e. The molecule has 8 heteroatoms. The normalized spacial score (nSPS) is 19.6. The molecule has 6 nitrogen and oxygen atoms in total. The molecule has 2 atom stereocenters. The summed E-state index contributed by atoms with van der Waals surface area (Å²) in [5, 5.41) is 3.67. The van der Waals surface area contributed by atoms with E-state index in [0.717, 1.165) is 56.7 Å². The number of fused-ring (bicyclic) bond motifs is 1. The van der Waals surface area contributed by atoms with E-state index >= 15 is 0 Å². The van der Waals surface area contributed by atoms with Crippen molar-refractivity contribution in [1.82, 2.24) is 4.90 Å². The van der Waals surface area contributed by atoms with E-state index in [1.165, 1.54) is 28.3 Å². The van der Waals surface area contributed by atoms with Crippen LogP contribution < -0.4 is 10.2 Å². The van der Waals surface area contributed by atoms with Crippen molar-refractivity contribution in [1.29, 1.82) is 0 Å². The van der Waals surface area contributed by atoms with Crippen LogP contribution in [0.5, 0.6) is 0 Å². The third-order valence-corrected chi connectivity index (χ3v) is 7.83. The maximum atomic E-state index is 13.2. The highest BCUT2D eigenvalue weighted by Gasteiger charge is 2.31. The summed E-state index contributed by atoms with van der Waals surface area (Å²) in [6.45, 7) is 9.23. The number of carbonyl (C=O) groups excluding carboxylic acids is 2. The van der Waals surface area contributed by atoms with Gasteiger partial charge >= 0.3 is 5.97 Å². The SMILES string of the molecule is CCOC(=O)c1c(NC(=O)C(C)N2CCN(c3ccc(F)cc3)CC2)sc2c1CCC(C)C2. The molecule has 1 aliphatic heterocycles. The van der Waals surface area contributed by atoms with Crippen molar-refractivity contribution in [3.05, 3.63) is 46.1 Å². The Kier molecular flexibility index (Phi) is 7.34. The molecule has 1 saturated heterocycles. The van der Waals surface area contributed by atoms with Crippen molar-refractivity contribution in [2.45, 2.75) is 46.1 Å². The number of nitrogens with one attached hydrogen (secondary N) is 1. The monoisotopic (exact) mass is 473 g/mol. The first-order chi connectivity index (χ1) is 15.9. The summed E-state index contributed by atoms with van der Waals surface area (Å²) in [6, 6.07) is 6.20. The highest BCUT2D eigenvalue weighted by Crippen LogP contribution is 2.40. The van der Waals surface area contributed by atoms with Crippen molar-refractivity contribution in [3.63, 3.8) is 0 Å². The smallest absolute Gasteiger partial charge is 0.341 e. The molecule has 1 fully saturated rings. The molecular weight excluding hydrogens is 441 g/mol. The van der Waals surface area contributed by atoms with Crippen LogP contribution in [0.15, 0.2) is 24.3 Å². The van der Waals surface area contributed by atoms with Gasteiger partial charge in [-0.1, -0.05) is 6.92 Å². The number of esters is 1. The van der Waals surface area contributed by atoms with Gasteiger partial charge in [0, 0.05) is 36.7 Å². The van der Waals surface area contributed by atoms with E-state index in [2.05, 4.69) is 22.0 Å². The lowest BCUT2D eigenvalue weighted by Gasteiger charge is -2.38. The van der Waals surface area contributed by atoms with Crippen LogP contribution in [-0.2, 0) is 22.4 Å². The van der Waals surface area contributed by atoms with Crippen LogP contribution in [0.25, 0.3) is 0 Å². The molecule has 1 aromatic carbocycles. The lowest BCUT2D eigenvalue weighted by Crippen LogP contribution is -2.52. The molecule has 1 aliphatic carbocycles. The fourth-order valence-corrected chi connectivity index (χ4v) is 6.06. The molecule has 0 radical (unpaired) electrons. The molecular formula is C25H32FN3O3S. The number of carbonyl (C=O) groups is 2. The minimum Gasteiger partial charge on any atom is -0.462 e. The fraction of sp³-hybridized carbons (Fsp3) is 0.520. The van der Waals surface area contributed by atoms with E-state index in [4.69, 9.17) is 4.74 Å². The number of amides is 1. The summed E-state index contributed by atoms with van der Waals surface area (Å²) < 4.78 is 18.5. The van der Waals surface area contributed by atoms with Crippen molar-refractivity contribution in [2.75, 3.05) is 43.0 Å². The van der Waals surface area contributed by atoms with Crippen LogP contribution >= 0.6 is 11.3 Å². The Morgan fingerprint density at radius 2 is 1.91 bits per heavy atom. The second kappa shape index (κ2) is 10.2. The summed E-state index contributed by atoms with van der Waals surface area (Å²) in [7, 11) is 0. The Bertz CT molecular complexity index is 999. The summed E-state index contributed by atoms with van der Waals surface area (Å²) in [5.41, 5.74) is 2.59. The molecule has 1 amide bonds. The third-order valence-electron chi connectivity index (χ3n) is 6.66. The van der Waals surface area contributed by atoms with Crippen LogP contribution in [0, 0.1) is 11.7 Å². The van der Waals surface area contributed by atoms with Crippen LogP contribution in [0.4, 0.5) is 15.1 Å². The molecule has 33 heavy (non-hydrogen) atoms. The predicted molar refractivity (Wildman–Crippen MR) is 130 cm³/mol. The molecule has 0 saturated carbocycles. The Labute approximate surface area is 198 Å². The highest BCUT2D eigenvalue weighted by atomic mass is 32.1.